The third kappa shape index (κ3) is 3.22. The van der Waals surface area contributed by atoms with Crippen LogP contribution >= 0.6 is 0 Å². The fourth-order valence-electron chi connectivity index (χ4n) is 2.81. The molecule has 1 aromatic heterocycles. The Hall–Kier alpha value is -2.89. The molecule has 0 radical (unpaired) electrons. The molecule has 0 aliphatic carbocycles. The quantitative estimate of drug-likeness (QED) is 0.921. The highest BCUT2D eigenvalue weighted by molar-refractivity contribution is 6.05. The minimum Gasteiger partial charge on any atom is -0.453 e. The Morgan fingerprint density at radius 3 is 2.67 bits per heavy atom. The molecule has 24 heavy (non-hydrogen) atoms. The van der Waals surface area contributed by atoms with Crippen LogP contribution in [0.3, 0.4) is 0 Å². The number of pyridine rings is 1. The highest BCUT2D eigenvalue weighted by Crippen LogP contribution is 2.23. The van der Waals surface area contributed by atoms with Crippen LogP contribution in [-0.4, -0.2) is 35.5 Å². The van der Waals surface area contributed by atoms with E-state index in [0.717, 1.165) is 22.4 Å². The molecule has 6 heteroatoms. The first-order chi connectivity index (χ1) is 11.6. The lowest BCUT2D eigenvalue weighted by Crippen LogP contribution is -2.36. The molecule has 0 fully saturated rings. The molecule has 0 bridgehead atoms. The van der Waals surface area contributed by atoms with Crippen LogP contribution in [0, 0.1) is 6.92 Å². The number of aromatic nitrogens is 1. The molecular formula is C18H19N3O3. The number of carbonyl (C=O) groups is 2. The maximum Gasteiger partial charge on any atom is 0.409 e. The number of nitrogens with zero attached hydrogens (tertiary/aromatic N) is 2. The fourth-order valence-corrected chi connectivity index (χ4v) is 2.81. The van der Waals surface area contributed by atoms with Gasteiger partial charge in [0, 0.05) is 24.6 Å². The second-order valence-corrected chi connectivity index (χ2v) is 5.79. The van der Waals surface area contributed by atoms with Gasteiger partial charge in [0.2, 0.25) is 0 Å². The zero-order valence-corrected chi connectivity index (χ0v) is 13.7. The van der Waals surface area contributed by atoms with Crippen molar-refractivity contribution in [2.24, 2.45) is 0 Å². The SMILES string of the molecule is COC(=O)N1CCc2c(cncc2C(=O)Nc2ccc(C)cc2)C1. The van der Waals surface area contributed by atoms with Crippen LogP contribution < -0.4 is 5.32 Å². The molecule has 2 amide bonds. The van der Waals surface area contributed by atoms with Gasteiger partial charge in [-0.25, -0.2) is 4.79 Å². The zero-order valence-electron chi connectivity index (χ0n) is 13.7. The van der Waals surface area contributed by atoms with E-state index >= 15 is 0 Å². The van der Waals surface area contributed by atoms with Crippen molar-refractivity contribution in [1.29, 1.82) is 0 Å². The molecule has 124 valence electrons. The summed E-state index contributed by atoms with van der Waals surface area (Å²) in [7, 11) is 1.36. The number of carbonyl (C=O) groups excluding carboxylic acids is 2. The molecule has 1 aromatic carbocycles. The van der Waals surface area contributed by atoms with Gasteiger partial charge in [0.25, 0.3) is 5.91 Å². The number of rotatable bonds is 2. The lowest BCUT2D eigenvalue weighted by molar-refractivity contribution is 0.102. The third-order valence-corrected chi connectivity index (χ3v) is 4.13. The molecule has 2 aromatic rings. The van der Waals surface area contributed by atoms with Crippen molar-refractivity contribution in [2.75, 3.05) is 19.0 Å². The van der Waals surface area contributed by atoms with Gasteiger partial charge in [0.05, 0.1) is 19.2 Å². The van der Waals surface area contributed by atoms with Crippen molar-refractivity contribution < 1.29 is 14.3 Å². The van der Waals surface area contributed by atoms with Crippen LogP contribution in [-0.2, 0) is 17.7 Å². The number of benzene rings is 1. The average Bonchev–Trinajstić information content (AvgIpc) is 2.61. The minimum absolute atomic E-state index is 0.185. The fraction of sp³-hybridized carbons (Fsp3) is 0.278. The number of methoxy groups -OCH3 is 1. The second-order valence-electron chi connectivity index (χ2n) is 5.79. The van der Waals surface area contributed by atoms with Crippen LogP contribution in [0.2, 0.25) is 0 Å². The molecule has 0 saturated carbocycles. The van der Waals surface area contributed by atoms with Crippen molar-refractivity contribution in [3.05, 3.63) is 58.9 Å². The van der Waals surface area contributed by atoms with E-state index < -0.39 is 0 Å². The summed E-state index contributed by atoms with van der Waals surface area (Å²) >= 11 is 0. The maximum atomic E-state index is 12.6. The summed E-state index contributed by atoms with van der Waals surface area (Å²) in [5.41, 5.74) is 4.25. The molecule has 3 rings (SSSR count). The number of hydrogen-bond acceptors (Lipinski definition) is 4. The van der Waals surface area contributed by atoms with E-state index in [1.807, 2.05) is 31.2 Å². The van der Waals surface area contributed by atoms with Crippen LogP contribution in [0.25, 0.3) is 0 Å². The largest absolute Gasteiger partial charge is 0.453 e. The predicted octanol–water partition coefficient (Wildman–Crippen LogP) is 2.77. The first-order valence-electron chi connectivity index (χ1n) is 7.75. The summed E-state index contributed by atoms with van der Waals surface area (Å²) < 4.78 is 4.76. The highest BCUT2D eigenvalue weighted by Gasteiger charge is 2.25. The summed E-state index contributed by atoms with van der Waals surface area (Å²) in [6.07, 6.45) is 3.52. The summed E-state index contributed by atoms with van der Waals surface area (Å²) in [6, 6.07) is 7.63. The van der Waals surface area contributed by atoms with Gasteiger partial charge in [-0.1, -0.05) is 17.7 Å². The topological polar surface area (TPSA) is 71.5 Å². The van der Waals surface area contributed by atoms with Crippen molar-refractivity contribution in [3.63, 3.8) is 0 Å². The van der Waals surface area contributed by atoms with Gasteiger partial charge in [0.15, 0.2) is 0 Å². The number of anilines is 1. The molecule has 1 aliphatic heterocycles. The molecular weight excluding hydrogens is 306 g/mol. The Morgan fingerprint density at radius 2 is 1.96 bits per heavy atom. The van der Waals surface area contributed by atoms with E-state index in [-0.39, 0.29) is 12.0 Å². The van der Waals surface area contributed by atoms with Gasteiger partial charge in [-0.2, -0.15) is 0 Å². The second kappa shape index (κ2) is 6.70. The van der Waals surface area contributed by atoms with Gasteiger partial charge in [0.1, 0.15) is 0 Å². The Morgan fingerprint density at radius 1 is 1.21 bits per heavy atom. The monoisotopic (exact) mass is 325 g/mol. The van der Waals surface area contributed by atoms with Crippen LogP contribution in [0.4, 0.5) is 10.5 Å². The van der Waals surface area contributed by atoms with Crippen LogP contribution in [0.5, 0.6) is 0 Å². The average molecular weight is 325 g/mol. The van der Waals surface area contributed by atoms with Crippen molar-refractivity contribution in [2.45, 2.75) is 19.9 Å². The van der Waals surface area contributed by atoms with Gasteiger partial charge in [-0.05, 0) is 36.6 Å². The third-order valence-electron chi connectivity index (χ3n) is 4.13. The predicted molar refractivity (Wildman–Crippen MR) is 89.9 cm³/mol. The van der Waals surface area contributed by atoms with Crippen LogP contribution in [0.1, 0.15) is 27.0 Å². The lowest BCUT2D eigenvalue weighted by atomic mass is 9.97. The molecule has 0 saturated heterocycles. The van der Waals surface area contributed by atoms with Crippen molar-refractivity contribution in [3.8, 4) is 0 Å². The molecule has 0 spiro atoms. The Balaban J connectivity index is 1.81. The molecule has 0 unspecified atom stereocenters. The van der Waals surface area contributed by atoms with E-state index in [4.69, 9.17) is 4.74 Å². The van der Waals surface area contributed by atoms with Crippen molar-refractivity contribution in [1.82, 2.24) is 9.88 Å². The number of nitrogens with one attached hydrogen (secondary N) is 1. The Bertz CT molecular complexity index is 772. The first kappa shape index (κ1) is 16.0. The standard InChI is InChI=1S/C18H19N3O3/c1-12-3-5-14(6-4-12)20-17(22)16-10-19-9-13-11-21(18(23)24-2)8-7-15(13)16/h3-6,9-10H,7-8,11H2,1-2H3,(H,20,22). The van der Waals surface area contributed by atoms with E-state index in [1.165, 1.54) is 7.11 Å². The number of aryl methyl sites for hydroxylation is 1. The van der Waals surface area contributed by atoms with E-state index in [1.54, 1.807) is 17.3 Å². The minimum atomic E-state index is -0.366. The number of hydrogen-bond donors (Lipinski definition) is 1. The molecule has 2 heterocycles. The highest BCUT2D eigenvalue weighted by atomic mass is 16.5. The normalized spacial score (nSPS) is 13.2. The van der Waals surface area contributed by atoms with Gasteiger partial charge >= 0.3 is 6.09 Å². The van der Waals surface area contributed by atoms with Crippen LogP contribution in [0.15, 0.2) is 36.7 Å². The molecule has 0 atom stereocenters. The molecule has 1 N–H and O–H groups in total. The van der Waals surface area contributed by atoms with Gasteiger partial charge < -0.3 is 15.0 Å². The number of fused-ring (bicyclic) bond motifs is 1. The summed E-state index contributed by atoms with van der Waals surface area (Å²) in [6.45, 7) is 2.92. The zero-order chi connectivity index (χ0) is 17.1. The van der Waals surface area contributed by atoms with Gasteiger partial charge in [-0.15, -0.1) is 0 Å². The maximum absolute atomic E-state index is 12.6. The van der Waals surface area contributed by atoms with E-state index in [9.17, 15) is 9.59 Å². The molecule has 1 aliphatic rings. The first-order valence-corrected chi connectivity index (χ1v) is 7.75. The summed E-state index contributed by atoms with van der Waals surface area (Å²) in [4.78, 5) is 30.0. The summed E-state index contributed by atoms with van der Waals surface area (Å²) in [5, 5.41) is 2.90. The lowest BCUT2D eigenvalue weighted by Gasteiger charge is -2.28. The van der Waals surface area contributed by atoms with E-state index in [0.29, 0.717) is 25.1 Å². The van der Waals surface area contributed by atoms with Gasteiger partial charge in [-0.3, -0.25) is 9.78 Å². The number of ether oxygens (including phenoxy) is 1. The van der Waals surface area contributed by atoms with E-state index in [2.05, 4.69) is 10.3 Å². The Kier molecular flexibility index (Phi) is 4.46. The molecule has 6 nitrogen and oxygen atoms in total. The van der Waals surface area contributed by atoms with Crippen molar-refractivity contribution >= 4 is 17.7 Å². The Labute approximate surface area is 140 Å². The smallest absolute Gasteiger partial charge is 0.409 e. The number of amides is 2. The summed E-state index contributed by atoms with van der Waals surface area (Å²) in [5.74, 6) is -0.185.